The molecule has 2 aromatic rings. The molecule has 1 N–H and O–H groups in total. The van der Waals surface area contributed by atoms with Gasteiger partial charge in [0.2, 0.25) is 11.4 Å². The first-order chi connectivity index (χ1) is 9.69. The third kappa shape index (κ3) is 2.18. The molecule has 3 heterocycles. The van der Waals surface area contributed by atoms with E-state index >= 15 is 0 Å². The summed E-state index contributed by atoms with van der Waals surface area (Å²) in [5, 5.41) is 0.419. The van der Waals surface area contributed by atoms with Crippen LogP contribution in [0.25, 0.3) is 0 Å². The zero-order valence-corrected chi connectivity index (χ0v) is 11.5. The summed E-state index contributed by atoms with van der Waals surface area (Å²) < 4.78 is 10.6. The highest BCUT2D eigenvalue weighted by Crippen LogP contribution is 2.36. The quantitative estimate of drug-likeness (QED) is 0.917. The predicted octanol–water partition coefficient (Wildman–Crippen LogP) is 1.96. The molecule has 0 radical (unpaired) electrons. The minimum atomic E-state index is -0.188. The van der Waals surface area contributed by atoms with Crippen molar-refractivity contribution in [3.63, 3.8) is 0 Å². The average Bonchev–Trinajstić information content (AvgIpc) is 2.46. The standard InChI is InChI=1S/C13H12ClN3O3/c1-19-13-9(14)4-8(6-16-13)17-2-3-20-11-7-15-12(18)5-10(11)17/h4-7H,2-3H2,1H3,(H,15,18). The molecule has 0 saturated heterocycles. The first kappa shape index (κ1) is 12.8. The number of methoxy groups -OCH3 is 1. The molecule has 0 aliphatic carbocycles. The van der Waals surface area contributed by atoms with Crippen molar-refractivity contribution in [3.05, 3.63) is 39.9 Å². The molecule has 6 nitrogen and oxygen atoms in total. The number of H-pyrrole nitrogens is 1. The number of nitrogens with zero attached hydrogens (tertiary/aromatic N) is 2. The first-order valence-electron chi connectivity index (χ1n) is 6.01. The Morgan fingerprint density at radius 1 is 1.50 bits per heavy atom. The van der Waals surface area contributed by atoms with Crippen LogP contribution in [0, 0.1) is 0 Å². The number of hydrogen-bond acceptors (Lipinski definition) is 5. The molecule has 104 valence electrons. The molecule has 20 heavy (non-hydrogen) atoms. The summed E-state index contributed by atoms with van der Waals surface area (Å²) in [4.78, 5) is 20.2. The Morgan fingerprint density at radius 3 is 3.10 bits per heavy atom. The van der Waals surface area contributed by atoms with Gasteiger partial charge in [-0.3, -0.25) is 4.79 Å². The van der Waals surface area contributed by atoms with Gasteiger partial charge in [-0.15, -0.1) is 0 Å². The molecule has 0 saturated carbocycles. The number of anilines is 2. The fraction of sp³-hybridized carbons (Fsp3) is 0.231. The van der Waals surface area contributed by atoms with Crippen LogP contribution in [0.2, 0.25) is 5.02 Å². The summed E-state index contributed by atoms with van der Waals surface area (Å²) in [5.41, 5.74) is 1.29. The first-order valence-corrected chi connectivity index (χ1v) is 6.39. The third-order valence-corrected chi connectivity index (χ3v) is 3.30. The zero-order chi connectivity index (χ0) is 14.1. The normalized spacial score (nSPS) is 13.6. The molecular weight excluding hydrogens is 282 g/mol. The van der Waals surface area contributed by atoms with Gasteiger partial charge in [0, 0.05) is 12.3 Å². The summed E-state index contributed by atoms with van der Waals surface area (Å²) in [7, 11) is 1.51. The van der Waals surface area contributed by atoms with Crippen molar-refractivity contribution in [3.8, 4) is 11.6 Å². The van der Waals surface area contributed by atoms with E-state index < -0.39 is 0 Å². The van der Waals surface area contributed by atoms with Crippen LogP contribution in [-0.2, 0) is 0 Å². The van der Waals surface area contributed by atoms with Gasteiger partial charge in [0.25, 0.3) is 0 Å². The summed E-state index contributed by atoms with van der Waals surface area (Å²) in [6.07, 6.45) is 3.21. The Morgan fingerprint density at radius 2 is 2.35 bits per heavy atom. The van der Waals surface area contributed by atoms with Gasteiger partial charge in [0.05, 0.1) is 31.2 Å². The van der Waals surface area contributed by atoms with E-state index in [0.29, 0.717) is 35.5 Å². The second-order valence-corrected chi connectivity index (χ2v) is 4.64. The summed E-state index contributed by atoms with van der Waals surface area (Å²) in [6.45, 7) is 1.13. The lowest BCUT2D eigenvalue weighted by atomic mass is 10.2. The molecule has 0 amide bonds. The van der Waals surface area contributed by atoms with E-state index in [0.717, 1.165) is 5.69 Å². The monoisotopic (exact) mass is 293 g/mol. The van der Waals surface area contributed by atoms with E-state index in [1.54, 1.807) is 18.5 Å². The molecule has 3 rings (SSSR count). The second-order valence-electron chi connectivity index (χ2n) is 4.23. The highest BCUT2D eigenvalue weighted by molar-refractivity contribution is 6.32. The lowest BCUT2D eigenvalue weighted by molar-refractivity contribution is 0.312. The minimum Gasteiger partial charge on any atom is -0.488 e. The predicted molar refractivity (Wildman–Crippen MR) is 75.4 cm³/mol. The average molecular weight is 294 g/mol. The number of ether oxygens (including phenoxy) is 2. The van der Waals surface area contributed by atoms with Crippen LogP contribution in [0.1, 0.15) is 0 Å². The molecule has 2 aromatic heterocycles. The lowest BCUT2D eigenvalue weighted by Gasteiger charge is -2.30. The molecule has 0 unspecified atom stereocenters. The van der Waals surface area contributed by atoms with Gasteiger partial charge in [-0.25, -0.2) is 4.98 Å². The van der Waals surface area contributed by atoms with Crippen molar-refractivity contribution in [1.82, 2.24) is 9.97 Å². The van der Waals surface area contributed by atoms with Gasteiger partial charge < -0.3 is 19.4 Å². The van der Waals surface area contributed by atoms with Gasteiger partial charge in [-0.05, 0) is 6.07 Å². The van der Waals surface area contributed by atoms with Crippen molar-refractivity contribution in [2.75, 3.05) is 25.2 Å². The van der Waals surface area contributed by atoms with Crippen LogP contribution in [0.3, 0.4) is 0 Å². The van der Waals surface area contributed by atoms with E-state index in [2.05, 4.69) is 9.97 Å². The van der Waals surface area contributed by atoms with E-state index in [1.807, 2.05) is 4.90 Å². The fourth-order valence-electron chi connectivity index (χ4n) is 2.12. The summed E-state index contributed by atoms with van der Waals surface area (Å²) >= 11 is 6.09. The molecule has 0 bridgehead atoms. The molecule has 0 spiro atoms. The van der Waals surface area contributed by atoms with Crippen LogP contribution in [0.4, 0.5) is 11.4 Å². The minimum absolute atomic E-state index is 0.188. The second kappa shape index (κ2) is 5.05. The largest absolute Gasteiger partial charge is 0.488 e. The number of halogens is 1. The van der Waals surface area contributed by atoms with Gasteiger partial charge in [0.15, 0.2) is 5.75 Å². The Bertz CT molecular complexity index is 702. The van der Waals surface area contributed by atoms with E-state index in [1.165, 1.54) is 13.2 Å². The van der Waals surface area contributed by atoms with Crippen molar-refractivity contribution < 1.29 is 9.47 Å². The number of rotatable bonds is 2. The van der Waals surface area contributed by atoms with Crippen LogP contribution in [-0.4, -0.2) is 30.2 Å². The molecular formula is C13H12ClN3O3. The smallest absolute Gasteiger partial charge is 0.250 e. The van der Waals surface area contributed by atoms with Crippen LogP contribution in [0.15, 0.2) is 29.3 Å². The molecule has 0 atom stereocenters. The van der Waals surface area contributed by atoms with E-state index in [9.17, 15) is 4.79 Å². The number of hydrogen-bond donors (Lipinski definition) is 1. The fourth-order valence-corrected chi connectivity index (χ4v) is 2.36. The Balaban J connectivity index is 2.06. The van der Waals surface area contributed by atoms with Crippen LogP contribution < -0.4 is 19.9 Å². The van der Waals surface area contributed by atoms with Crippen LogP contribution in [0.5, 0.6) is 11.6 Å². The Kier molecular flexibility index (Phi) is 3.23. The summed E-state index contributed by atoms with van der Waals surface area (Å²) in [5.74, 6) is 0.998. The van der Waals surface area contributed by atoms with E-state index in [4.69, 9.17) is 21.1 Å². The van der Waals surface area contributed by atoms with Crippen molar-refractivity contribution in [1.29, 1.82) is 0 Å². The maximum Gasteiger partial charge on any atom is 0.250 e. The van der Waals surface area contributed by atoms with Gasteiger partial charge >= 0.3 is 0 Å². The van der Waals surface area contributed by atoms with Crippen molar-refractivity contribution in [2.45, 2.75) is 0 Å². The molecule has 1 aliphatic rings. The molecule has 0 fully saturated rings. The number of fused-ring (bicyclic) bond motifs is 1. The van der Waals surface area contributed by atoms with Gasteiger partial charge in [-0.1, -0.05) is 11.6 Å². The molecule has 1 aliphatic heterocycles. The molecule has 0 aromatic carbocycles. The van der Waals surface area contributed by atoms with Crippen molar-refractivity contribution in [2.24, 2.45) is 0 Å². The van der Waals surface area contributed by atoms with Gasteiger partial charge in [-0.2, -0.15) is 0 Å². The van der Waals surface area contributed by atoms with Crippen molar-refractivity contribution >= 4 is 23.0 Å². The van der Waals surface area contributed by atoms with Gasteiger partial charge in [0.1, 0.15) is 11.6 Å². The lowest BCUT2D eigenvalue weighted by Crippen LogP contribution is -2.30. The summed E-state index contributed by atoms with van der Waals surface area (Å²) in [6, 6.07) is 3.25. The van der Waals surface area contributed by atoms with E-state index in [-0.39, 0.29) is 5.56 Å². The number of aromatic nitrogens is 2. The SMILES string of the molecule is COc1ncc(N2CCOc3c[nH]c(=O)cc32)cc1Cl. The number of aromatic amines is 1. The maximum atomic E-state index is 11.5. The third-order valence-electron chi connectivity index (χ3n) is 3.03. The van der Waals surface area contributed by atoms with Crippen LogP contribution >= 0.6 is 11.6 Å². The highest BCUT2D eigenvalue weighted by atomic mass is 35.5. The number of nitrogens with one attached hydrogen (secondary N) is 1. The Labute approximate surface area is 119 Å². The highest BCUT2D eigenvalue weighted by Gasteiger charge is 2.21. The maximum absolute atomic E-state index is 11.5. The molecule has 7 heteroatoms. The topological polar surface area (TPSA) is 67.5 Å². The zero-order valence-electron chi connectivity index (χ0n) is 10.7. The number of pyridine rings is 2. The Hall–Kier alpha value is -2.21.